The highest BCUT2D eigenvalue weighted by atomic mass is 16.6. The predicted octanol–water partition coefficient (Wildman–Crippen LogP) is 5.58. The summed E-state index contributed by atoms with van der Waals surface area (Å²) < 4.78 is 22.8. The lowest BCUT2D eigenvalue weighted by molar-refractivity contribution is -0.145. The summed E-state index contributed by atoms with van der Waals surface area (Å²) in [7, 11) is 0. The molecule has 0 spiro atoms. The van der Waals surface area contributed by atoms with Gasteiger partial charge in [0, 0.05) is 24.8 Å². The van der Waals surface area contributed by atoms with Crippen LogP contribution in [0.3, 0.4) is 0 Å². The molecule has 2 aromatic carbocycles. The van der Waals surface area contributed by atoms with E-state index in [9.17, 15) is 9.59 Å². The molecule has 1 aliphatic rings. The molecule has 2 atom stereocenters. The van der Waals surface area contributed by atoms with Gasteiger partial charge in [-0.25, -0.2) is 4.79 Å². The molecule has 194 valence electrons. The van der Waals surface area contributed by atoms with Crippen molar-refractivity contribution in [1.29, 1.82) is 5.26 Å². The van der Waals surface area contributed by atoms with Crippen LogP contribution in [0.2, 0.25) is 0 Å². The van der Waals surface area contributed by atoms with E-state index in [2.05, 4.69) is 6.07 Å². The Kier molecular flexibility index (Phi) is 7.72. The first kappa shape index (κ1) is 26.1. The monoisotopic (exact) mass is 504 g/mol. The lowest BCUT2D eigenvalue weighted by atomic mass is 9.94. The first-order valence-electron chi connectivity index (χ1n) is 12.5. The Morgan fingerprint density at radius 1 is 1.16 bits per heavy atom. The third-order valence-electron chi connectivity index (χ3n) is 6.05. The van der Waals surface area contributed by atoms with Gasteiger partial charge in [0.15, 0.2) is 0 Å². The van der Waals surface area contributed by atoms with Crippen LogP contribution in [-0.4, -0.2) is 48.4 Å². The number of benzene rings is 2. The molecular weight excluding hydrogens is 472 g/mol. The summed E-state index contributed by atoms with van der Waals surface area (Å²) >= 11 is 0. The van der Waals surface area contributed by atoms with E-state index in [1.54, 1.807) is 30.0 Å². The van der Waals surface area contributed by atoms with E-state index in [1.807, 2.05) is 51.1 Å². The second-order valence-electron chi connectivity index (χ2n) is 10.1. The predicted molar refractivity (Wildman–Crippen MR) is 137 cm³/mol. The summed E-state index contributed by atoms with van der Waals surface area (Å²) in [4.78, 5) is 26.8. The average Bonchev–Trinajstić information content (AvgIpc) is 3.48. The molecule has 0 saturated carbocycles. The summed E-state index contributed by atoms with van der Waals surface area (Å²) in [6.45, 7) is 8.63. The first-order valence-corrected chi connectivity index (χ1v) is 12.5. The minimum atomic E-state index is -0.556. The van der Waals surface area contributed by atoms with Crippen molar-refractivity contribution in [1.82, 2.24) is 4.90 Å². The van der Waals surface area contributed by atoms with Crippen molar-refractivity contribution in [3.05, 3.63) is 65.4 Å². The van der Waals surface area contributed by atoms with Gasteiger partial charge in [0.25, 0.3) is 0 Å². The van der Waals surface area contributed by atoms with Crippen LogP contribution in [0.4, 0.5) is 4.79 Å². The Morgan fingerprint density at radius 2 is 1.92 bits per heavy atom. The van der Waals surface area contributed by atoms with E-state index >= 15 is 0 Å². The second-order valence-corrected chi connectivity index (χ2v) is 10.1. The van der Waals surface area contributed by atoms with Gasteiger partial charge in [0.2, 0.25) is 0 Å². The van der Waals surface area contributed by atoms with Crippen LogP contribution in [0.15, 0.2) is 52.9 Å². The van der Waals surface area contributed by atoms with Gasteiger partial charge in [-0.15, -0.1) is 0 Å². The van der Waals surface area contributed by atoms with Gasteiger partial charge in [-0.2, -0.15) is 5.26 Å². The number of rotatable bonds is 7. The number of nitriles is 1. The number of nitrogens with zero attached hydrogens (tertiary/aromatic N) is 2. The third-order valence-corrected chi connectivity index (χ3v) is 6.05. The second kappa shape index (κ2) is 11.0. The summed E-state index contributed by atoms with van der Waals surface area (Å²) in [5.74, 6) is 0.407. The number of likely N-dealkylation sites (tertiary alicyclic amines) is 1. The van der Waals surface area contributed by atoms with Crippen molar-refractivity contribution in [3.8, 4) is 11.8 Å². The Morgan fingerprint density at radius 3 is 2.59 bits per heavy atom. The van der Waals surface area contributed by atoms with Gasteiger partial charge in [-0.3, -0.25) is 4.79 Å². The number of amides is 1. The molecule has 37 heavy (non-hydrogen) atoms. The Hall–Kier alpha value is -3.99. The standard InChI is InChI=1S/C29H32N2O6/c1-5-34-27(32)25(16-24-15-21-14-19(17-30)6-11-26(21)36-24)20-7-9-22(10-8-20)35-23-12-13-31(18-23)28(33)37-29(2,3)4/h6-11,14-15,23,25H,5,12-13,16,18H2,1-4H3/t23-,25?/m0/s1. The summed E-state index contributed by atoms with van der Waals surface area (Å²) in [5.41, 5.74) is 1.46. The van der Waals surface area contributed by atoms with Crippen LogP contribution in [-0.2, 0) is 20.7 Å². The molecule has 1 aliphatic heterocycles. The number of carbonyl (C=O) groups is 2. The highest BCUT2D eigenvalue weighted by Gasteiger charge is 2.31. The van der Waals surface area contributed by atoms with E-state index in [0.717, 1.165) is 10.9 Å². The number of ether oxygens (including phenoxy) is 3. The number of hydrogen-bond acceptors (Lipinski definition) is 7. The number of hydrogen-bond donors (Lipinski definition) is 0. The molecule has 1 aromatic heterocycles. The normalized spacial score (nSPS) is 16.3. The van der Waals surface area contributed by atoms with Crippen LogP contribution in [0.25, 0.3) is 11.0 Å². The molecule has 2 heterocycles. The highest BCUT2D eigenvalue weighted by molar-refractivity contribution is 5.81. The van der Waals surface area contributed by atoms with Gasteiger partial charge < -0.3 is 23.5 Å². The van der Waals surface area contributed by atoms with Crippen LogP contribution < -0.4 is 4.74 Å². The maximum absolute atomic E-state index is 12.8. The van der Waals surface area contributed by atoms with Crippen molar-refractivity contribution in [3.63, 3.8) is 0 Å². The third kappa shape index (κ3) is 6.62. The number of fused-ring (bicyclic) bond motifs is 1. The van der Waals surface area contributed by atoms with E-state index in [1.165, 1.54) is 0 Å². The maximum atomic E-state index is 12.8. The van der Waals surface area contributed by atoms with Crippen molar-refractivity contribution in [2.45, 2.75) is 58.2 Å². The molecule has 3 aromatic rings. The zero-order valence-corrected chi connectivity index (χ0v) is 21.7. The van der Waals surface area contributed by atoms with Gasteiger partial charge in [-0.05, 0) is 69.7 Å². The molecule has 1 fully saturated rings. The van der Waals surface area contributed by atoms with Crippen molar-refractivity contribution in [2.75, 3.05) is 19.7 Å². The Bertz CT molecular complexity index is 1300. The molecule has 0 bridgehead atoms. The summed E-state index contributed by atoms with van der Waals surface area (Å²) in [6, 6.07) is 16.6. The van der Waals surface area contributed by atoms with Crippen LogP contribution in [0.5, 0.6) is 5.75 Å². The Balaban J connectivity index is 1.44. The maximum Gasteiger partial charge on any atom is 0.410 e. The number of esters is 1. The van der Waals surface area contributed by atoms with Gasteiger partial charge >= 0.3 is 12.1 Å². The summed E-state index contributed by atoms with van der Waals surface area (Å²) in [6.07, 6.45) is 0.573. The van der Waals surface area contributed by atoms with E-state index < -0.39 is 11.5 Å². The lowest BCUT2D eigenvalue weighted by Gasteiger charge is -2.24. The molecule has 0 N–H and O–H groups in total. The average molecular weight is 505 g/mol. The SMILES string of the molecule is CCOC(=O)C(Cc1cc2cc(C#N)ccc2o1)c1ccc(O[C@H]2CCN(C(=O)OC(C)(C)C)C2)cc1. The minimum absolute atomic E-state index is 0.131. The van der Waals surface area contributed by atoms with E-state index in [4.69, 9.17) is 23.9 Å². The van der Waals surface area contributed by atoms with Gasteiger partial charge in [-0.1, -0.05) is 12.1 Å². The number of carbonyl (C=O) groups excluding carboxylic acids is 2. The minimum Gasteiger partial charge on any atom is -0.489 e. The topological polar surface area (TPSA) is 102 Å². The quantitative estimate of drug-likeness (QED) is 0.387. The molecule has 1 unspecified atom stereocenters. The fourth-order valence-corrected chi connectivity index (χ4v) is 4.34. The van der Waals surface area contributed by atoms with Crippen LogP contribution in [0.1, 0.15) is 56.9 Å². The van der Waals surface area contributed by atoms with Crippen molar-refractivity contribution >= 4 is 23.0 Å². The number of furan rings is 1. The molecule has 0 radical (unpaired) electrons. The largest absolute Gasteiger partial charge is 0.489 e. The van der Waals surface area contributed by atoms with Crippen molar-refractivity contribution in [2.24, 2.45) is 0 Å². The molecule has 1 saturated heterocycles. The zero-order chi connectivity index (χ0) is 26.6. The fourth-order valence-electron chi connectivity index (χ4n) is 4.34. The summed E-state index contributed by atoms with van der Waals surface area (Å²) in [5, 5.41) is 9.96. The van der Waals surface area contributed by atoms with Gasteiger partial charge in [0.1, 0.15) is 28.8 Å². The van der Waals surface area contributed by atoms with Crippen LogP contribution >= 0.6 is 0 Å². The lowest BCUT2D eigenvalue weighted by Crippen LogP contribution is -2.36. The molecular formula is C29H32N2O6. The first-order chi connectivity index (χ1) is 17.6. The van der Waals surface area contributed by atoms with Crippen molar-refractivity contribution < 1.29 is 28.2 Å². The smallest absolute Gasteiger partial charge is 0.410 e. The highest BCUT2D eigenvalue weighted by Crippen LogP contribution is 2.29. The molecule has 1 amide bonds. The Labute approximate surface area is 216 Å². The molecule has 4 rings (SSSR count). The van der Waals surface area contributed by atoms with E-state index in [0.29, 0.717) is 48.6 Å². The molecule has 0 aliphatic carbocycles. The zero-order valence-electron chi connectivity index (χ0n) is 21.7. The van der Waals surface area contributed by atoms with Crippen LogP contribution in [0, 0.1) is 11.3 Å². The molecule has 8 heteroatoms. The molecule has 8 nitrogen and oxygen atoms in total. The van der Waals surface area contributed by atoms with Gasteiger partial charge in [0.05, 0.1) is 30.7 Å². The van der Waals surface area contributed by atoms with E-state index in [-0.39, 0.29) is 24.8 Å². The fraction of sp³-hybridized carbons (Fsp3) is 0.414.